The molecule has 0 radical (unpaired) electrons. The third-order valence-corrected chi connectivity index (χ3v) is 4.16. The Labute approximate surface area is 133 Å². The summed E-state index contributed by atoms with van der Waals surface area (Å²) in [5, 5.41) is 19.8. The number of aliphatic hydroxyl groups excluding tert-OH is 1. The number of nitriles is 1. The molecule has 0 bridgehead atoms. The van der Waals surface area contributed by atoms with Gasteiger partial charge in [0.2, 0.25) is 0 Å². The van der Waals surface area contributed by atoms with Gasteiger partial charge >= 0.3 is 0 Å². The van der Waals surface area contributed by atoms with E-state index in [1.165, 1.54) is 0 Å². The van der Waals surface area contributed by atoms with Gasteiger partial charge in [0, 0.05) is 12.6 Å². The van der Waals surface area contributed by atoms with Crippen molar-refractivity contribution in [2.24, 2.45) is 0 Å². The van der Waals surface area contributed by atoms with Crippen molar-refractivity contribution in [1.29, 1.82) is 5.26 Å². The zero-order valence-electron chi connectivity index (χ0n) is 13.5. The van der Waals surface area contributed by atoms with Crippen LogP contribution in [0.3, 0.4) is 0 Å². The van der Waals surface area contributed by atoms with E-state index in [9.17, 15) is 10.4 Å². The van der Waals surface area contributed by atoms with Gasteiger partial charge in [0.05, 0.1) is 30.8 Å². The first-order valence-corrected chi connectivity index (χ1v) is 8.10. The summed E-state index contributed by atoms with van der Waals surface area (Å²) >= 11 is 0. The van der Waals surface area contributed by atoms with Crippen molar-refractivity contribution in [3.05, 3.63) is 35.9 Å². The topological polar surface area (TPSA) is 56.5 Å². The molecule has 0 spiro atoms. The largest absolute Gasteiger partial charge is 0.389 e. The lowest BCUT2D eigenvalue weighted by Gasteiger charge is -2.30. The average molecular weight is 302 g/mol. The average Bonchev–Trinajstić information content (AvgIpc) is 2.95. The second-order valence-corrected chi connectivity index (χ2v) is 6.26. The van der Waals surface area contributed by atoms with Crippen molar-refractivity contribution < 1.29 is 9.84 Å². The summed E-state index contributed by atoms with van der Waals surface area (Å²) in [6, 6.07) is 12.6. The molecule has 4 heteroatoms. The normalized spacial score (nSPS) is 21.7. The maximum Gasteiger partial charge on any atom is 0.0900 e. The first-order chi connectivity index (χ1) is 10.6. The molecule has 22 heavy (non-hydrogen) atoms. The van der Waals surface area contributed by atoms with Crippen LogP contribution in [0.5, 0.6) is 0 Å². The standard InChI is InChI=1S/C18H26N2O2/c1-14(2)22-13-16(21)12-20-10-6-9-18(20)17(11-19)15-7-4-3-5-8-15/h3-5,7-8,14,16-18,21H,6,9-10,12-13H2,1-2H3. The summed E-state index contributed by atoms with van der Waals surface area (Å²) < 4.78 is 5.48. The Kier molecular flexibility index (Phi) is 6.38. The molecule has 3 atom stereocenters. The Morgan fingerprint density at radius 3 is 2.73 bits per heavy atom. The molecule has 1 aliphatic heterocycles. The fourth-order valence-electron chi connectivity index (χ4n) is 3.13. The highest BCUT2D eigenvalue weighted by Gasteiger charge is 2.33. The Bertz CT molecular complexity index is 484. The van der Waals surface area contributed by atoms with Gasteiger partial charge in [-0.1, -0.05) is 30.3 Å². The molecule has 1 aliphatic rings. The predicted octanol–water partition coefficient (Wildman–Crippen LogP) is 2.54. The number of β-amino-alcohol motifs (C(OH)–C–C–N with tert-alkyl or cyclic N) is 1. The highest BCUT2D eigenvalue weighted by Crippen LogP contribution is 2.30. The second-order valence-electron chi connectivity index (χ2n) is 6.26. The van der Waals surface area contributed by atoms with E-state index in [2.05, 4.69) is 11.0 Å². The Balaban J connectivity index is 1.99. The third-order valence-electron chi connectivity index (χ3n) is 4.16. The van der Waals surface area contributed by atoms with Crippen molar-refractivity contribution in [3.63, 3.8) is 0 Å². The molecule has 1 saturated heterocycles. The molecule has 2 rings (SSSR count). The fraction of sp³-hybridized carbons (Fsp3) is 0.611. The van der Waals surface area contributed by atoms with E-state index in [0.29, 0.717) is 13.2 Å². The summed E-state index contributed by atoms with van der Waals surface area (Å²) in [5.74, 6) is -0.137. The minimum absolute atomic E-state index is 0.125. The van der Waals surface area contributed by atoms with Gasteiger partial charge in [0.25, 0.3) is 0 Å². The van der Waals surface area contributed by atoms with Crippen molar-refractivity contribution in [2.75, 3.05) is 19.7 Å². The predicted molar refractivity (Wildman–Crippen MR) is 86.5 cm³/mol. The van der Waals surface area contributed by atoms with Gasteiger partial charge in [0.1, 0.15) is 0 Å². The molecule has 0 amide bonds. The number of hydrogen-bond acceptors (Lipinski definition) is 4. The van der Waals surface area contributed by atoms with Crippen molar-refractivity contribution in [3.8, 4) is 6.07 Å². The molecule has 1 N–H and O–H groups in total. The number of aliphatic hydroxyl groups is 1. The molecule has 1 aromatic carbocycles. The lowest BCUT2D eigenvalue weighted by molar-refractivity contribution is -0.0105. The molecular weight excluding hydrogens is 276 g/mol. The number of ether oxygens (including phenoxy) is 1. The summed E-state index contributed by atoms with van der Waals surface area (Å²) in [4.78, 5) is 2.25. The molecule has 0 saturated carbocycles. The van der Waals surface area contributed by atoms with Crippen LogP contribution in [-0.2, 0) is 4.74 Å². The number of hydrogen-bond donors (Lipinski definition) is 1. The summed E-state index contributed by atoms with van der Waals surface area (Å²) in [6.07, 6.45) is 1.71. The van der Waals surface area contributed by atoms with E-state index in [1.807, 2.05) is 44.2 Å². The van der Waals surface area contributed by atoms with E-state index in [-0.39, 0.29) is 18.1 Å². The Morgan fingerprint density at radius 1 is 1.36 bits per heavy atom. The van der Waals surface area contributed by atoms with Gasteiger partial charge in [-0.2, -0.15) is 5.26 Å². The maximum absolute atomic E-state index is 10.2. The number of likely N-dealkylation sites (tertiary alicyclic amines) is 1. The molecule has 0 aliphatic carbocycles. The van der Waals surface area contributed by atoms with Crippen LogP contribution in [-0.4, -0.2) is 48.0 Å². The van der Waals surface area contributed by atoms with E-state index < -0.39 is 6.10 Å². The molecule has 4 nitrogen and oxygen atoms in total. The van der Waals surface area contributed by atoms with Crippen molar-refractivity contribution in [2.45, 2.75) is 50.9 Å². The van der Waals surface area contributed by atoms with Crippen LogP contribution in [0.15, 0.2) is 30.3 Å². The highest BCUT2D eigenvalue weighted by atomic mass is 16.5. The number of rotatable bonds is 7. The Hall–Kier alpha value is -1.41. The zero-order chi connectivity index (χ0) is 15.9. The van der Waals surface area contributed by atoms with Gasteiger partial charge in [-0.25, -0.2) is 0 Å². The van der Waals surface area contributed by atoms with E-state index in [1.54, 1.807) is 0 Å². The van der Waals surface area contributed by atoms with Crippen molar-refractivity contribution in [1.82, 2.24) is 4.90 Å². The fourth-order valence-corrected chi connectivity index (χ4v) is 3.13. The Morgan fingerprint density at radius 2 is 2.09 bits per heavy atom. The summed E-state index contributed by atoms with van der Waals surface area (Å²) in [7, 11) is 0. The van der Waals surface area contributed by atoms with Crippen LogP contribution in [0.4, 0.5) is 0 Å². The molecule has 0 aromatic heterocycles. The van der Waals surface area contributed by atoms with Crippen LogP contribution >= 0.6 is 0 Å². The van der Waals surface area contributed by atoms with Gasteiger partial charge < -0.3 is 9.84 Å². The second kappa shape index (κ2) is 8.28. The molecular formula is C18H26N2O2. The van der Waals surface area contributed by atoms with Gasteiger partial charge in [-0.05, 0) is 38.8 Å². The lowest BCUT2D eigenvalue weighted by Crippen LogP contribution is -2.41. The minimum atomic E-state index is -0.502. The first kappa shape index (κ1) is 17.0. The zero-order valence-corrected chi connectivity index (χ0v) is 13.5. The number of nitrogens with zero attached hydrogens (tertiary/aromatic N) is 2. The van der Waals surface area contributed by atoms with Crippen LogP contribution in [0.1, 0.15) is 38.2 Å². The molecule has 1 aromatic rings. The first-order valence-electron chi connectivity index (χ1n) is 8.10. The molecule has 1 heterocycles. The highest BCUT2D eigenvalue weighted by molar-refractivity contribution is 5.27. The minimum Gasteiger partial charge on any atom is -0.389 e. The third kappa shape index (κ3) is 4.54. The van der Waals surface area contributed by atoms with Crippen LogP contribution in [0.25, 0.3) is 0 Å². The molecule has 1 fully saturated rings. The van der Waals surface area contributed by atoms with E-state index >= 15 is 0 Å². The summed E-state index contributed by atoms with van der Waals surface area (Å²) in [6.45, 7) is 5.79. The molecule has 3 unspecified atom stereocenters. The quantitative estimate of drug-likeness (QED) is 0.841. The maximum atomic E-state index is 10.2. The van der Waals surface area contributed by atoms with Crippen LogP contribution in [0.2, 0.25) is 0 Å². The SMILES string of the molecule is CC(C)OCC(O)CN1CCCC1C(C#N)c1ccccc1. The molecule has 120 valence electrons. The van der Waals surface area contributed by atoms with Crippen LogP contribution < -0.4 is 0 Å². The van der Waals surface area contributed by atoms with Crippen molar-refractivity contribution >= 4 is 0 Å². The van der Waals surface area contributed by atoms with Crippen LogP contribution in [0, 0.1) is 11.3 Å². The lowest BCUT2D eigenvalue weighted by atomic mass is 9.91. The number of benzene rings is 1. The van der Waals surface area contributed by atoms with E-state index in [0.717, 1.165) is 24.9 Å². The summed E-state index contributed by atoms with van der Waals surface area (Å²) in [5.41, 5.74) is 1.06. The smallest absolute Gasteiger partial charge is 0.0900 e. The van der Waals surface area contributed by atoms with Gasteiger partial charge in [-0.3, -0.25) is 4.90 Å². The van der Waals surface area contributed by atoms with E-state index in [4.69, 9.17) is 4.74 Å². The van der Waals surface area contributed by atoms with Gasteiger partial charge in [0.15, 0.2) is 0 Å². The van der Waals surface area contributed by atoms with Gasteiger partial charge in [-0.15, -0.1) is 0 Å². The monoisotopic (exact) mass is 302 g/mol.